The van der Waals surface area contributed by atoms with Crippen molar-refractivity contribution in [1.29, 1.82) is 0 Å². The lowest BCUT2D eigenvalue weighted by Gasteiger charge is -2.34. The first-order valence-electron chi connectivity index (χ1n) is 6.93. The molecule has 0 aliphatic heterocycles. The first-order chi connectivity index (χ1) is 8.24. The van der Waals surface area contributed by atoms with Gasteiger partial charge in [0.05, 0.1) is 17.8 Å². The summed E-state index contributed by atoms with van der Waals surface area (Å²) in [6.07, 6.45) is 0.592. The monoisotopic (exact) mass is 262 g/mol. The summed E-state index contributed by atoms with van der Waals surface area (Å²) in [6.45, 7) is 7.51. The number of aliphatic hydroxyl groups excluding tert-OH is 3. The maximum Gasteiger partial charge on any atom is 0.0881 e. The third kappa shape index (κ3) is 6.14. The lowest BCUT2D eigenvalue weighted by Crippen LogP contribution is -2.43. The van der Waals surface area contributed by atoms with Crippen molar-refractivity contribution in [3.63, 3.8) is 0 Å². The molecule has 0 aliphatic rings. The fourth-order valence-corrected chi connectivity index (χ4v) is 2.13. The quantitative estimate of drug-likeness (QED) is 0.505. The average Bonchev–Trinajstić information content (AvgIpc) is 2.27. The molecule has 0 aromatic heterocycles. The van der Waals surface area contributed by atoms with Crippen LogP contribution >= 0.6 is 0 Å². The normalized spacial score (nSPS) is 22.0. The zero-order chi connectivity index (χ0) is 14.3. The van der Waals surface area contributed by atoms with Crippen LogP contribution in [-0.2, 0) is 0 Å². The Kier molecular flexibility index (Phi) is 8.03. The SMILES string of the molecule is CCCC(O)CC(O)C(C)(O)CC(C)C(C)CO. The second kappa shape index (κ2) is 8.10. The third-order valence-electron chi connectivity index (χ3n) is 3.83. The molecule has 0 saturated heterocycles. The molecule has 5 unspecified atom stereocenters. The van der Waals surface area contributed by atoms with Gasteiger partial charge in [-0.1, -0.05) is 27.2 Å². The molecule has 4 N–H and O–H groups in total. The fourth-order valence-electron chi connectivity index (χ4n) is 2.13. The van der Waals surface area contributed by atoms with Gasteiger partial charge in [-0.3, -0.25) is 0 Å². The standard InChI is InChI=1S/C14H30O4/c1-5-6-12(16)7-13(17)14(4,18)8-10(2)11(3)9-15/h10-13,15-18H,5-9H2,1-4H3. The molecular weight excluding hydrogens is 232 g/mol. The van der Waals surface area contributed by atoms with Gasteiger partial charge in [0.15, 0.2) is 0 Å². The molecule has 0 saturated carbocycles. The van der Waals surface area contributed by atoms with Gasteiger partial charge < -0.3 is 20.4 Å². The van der Waals surface area contributed by atoms with Gasteiger partial charge in [0.2, 0.25) is 0 Å². The Labute approximate surface area is 111 Å². The Balaban J connectivity index is 4.33. The highest BCUT2D eigenvalue weighted by Crippen LogP contribution is 2.27. The molecule has 0 bridgehead atoms. The molecule has 0 rings (SSSR count). The van der Waals surface area contributed by atoms with Crippen LogP contribution in [0, 0.1) is 11.8 Å². The molecule has 5 atom stereocenters. The summed E-state index contributed by atoms with van der Waals surface area (Å²) in [5, 5.41) is 39.0. The van der Waals surface area contributed by atoms with E-state index in [1.54, 1.807) is 6.92 Å². The fraction of sp³-hybridized carbons (Fsp3) is 1.00. The molecule has 0 heterocycles. The largest absolute Gasteiger partial charge is 0.396 e. The van der Waals surface area contributed by atoms with Crippen molar-refractivity contribution in [2.75, 3.05) is 6.61 Å². The van der Waals surface area contributed by atoms with E-state index < -0.39 is 17.8 Å². The van der Waals surface area contributed by atoms with Crippen molar-refractivity contribution in [3.05, 3.63) is 0 Å². The molecule has 0 aromatic rings. The van der Waals surface area contributed by atoms with Gasteiger partial charge in [0.25, 0.3) is 0 Å². The molecule has 4 heteroatoms. The molecule has 0 aromatic carbocycles. The summed E-state index contributed by atoms with van der Waals surface area (Å²) < 4.78 is 0. The van der Waals surface area contributed by atoms with Gasteiger partial charge in [-0.25, -0.2) is 0 Å². The lowest BCUT2D eigenvalue weighted by molar-refractivity contribution is -0.0956. The predicted octanol–water partition coefficient (Wildman–Crippen LogP) is 1.30. The third-order valence-corrected chi connectivity index (χ3v) is 3.83. The first kappa shape index (κ1) is 17.8. The minimum absolute atomic E-state index is 0.0752. The van der Waals surface area contributed by atoms with Crippen molar-refractivity contribution in [2.24, 2.45) is 11.8 Å². The first-order valence-corrected chi connectivity index (χ1v) is 6.93. The van der Waals surface area contributed by atoms with Crippen LogP contribution in [0.3, 0.4) is 0 Å². The zero-order valence-corrected chi connectivity index (χ0v) is 12.1. The molecule has 18 heavy (non-hydrogen) atoms. The second-order valence-corrected chi connectivity index (χ2v) is 5.89. The van der Waals surface area contributed by atoms with E-state index in [-0.39, 0.29) is 24.9 Å². The van der Waals surface area contributed by atoms with Crippen LogP contribution in [-0.4, -0.2) is 44.8 Å². The highest BCUT2D eigenvalue weighted by molar-refractivity contribution is 4.86. The van der Waals surface area contributed by atoms with Crippen molar-refractivity contribution >= 4 is 0 Å². The highest BCUT2D eigenvalue weighted by atomic mass is 16.3. The van der Waals surface area contributed by atoms with Crippen LogP contribution in [0.2, 0.25) is 0 Å². The van der Waals surface area contributed by atoms with Gasteiger partial charge >= 0.3 is 0 Å². The van der Waals surface area contributed by atoms with Gasteiger partial charge in [0.1, 0.15) is 0 Å². The van der Waals surface area contributed by atoms with E-state index in [1.165, 1.54) is 0 Å². The molecule has 0 spiro atoms. The second-order valence-electron chi connectivity index (χ2n) is 5.89. The average molecular weight is 262 g/mol. The summed E-state index contributed by atoms with van der Waals surface area (Å²) in [7, 11) is 0. The molecule has 0 amide bonds. The van der Waals surface area contributed by atoms with Crippen molar-refractivity contribution in [3.8, 4) is 0 Å². The smallest absolute Gasteiger partial charge is 0.0881 e. The van der Waals surface area contributed by atoms with E-state index >= 15 is 0 Å². The molecule has 0 aliphatic carbocycles. The summed E-state index contributed by atoms with van der Waals surface area (Å²) in [6, 6.07) is 0. The number of rotatable bonds is 9. The topological polar surface area (TPSA) is 80.9 Å². The van der Waals surface area contributed by atoms with Gasteiger partial charge in [-0.2, -0.15) is 0 Å². The Bertz CT molecular complexity index is 218. The molecule has 110 valence electrons. The van der Waals surface area contributed by atoms with E-state index in [1.807, 2.05) is 20.8 Å². The van der Waals surface area contributed by atoms with Crippen LogP contribution in [0.15, 0.2) is 0 Å². The summed E-state index contributed by atoms with van der Waals surface area (Å²) in [4.78, 5) is 0. The maximum absolute atomic E-state index is 10.3. The predicted molar refractivity (Wildman–Crippen MR) is 72.2 cm³/mol. The van der Waals surface area contributed by atoms with Crippen LogP contribution in [0.4, 0.5) is 0 Å². The van der Waals surface area contributed by atoms with E-state index in [2.05, 4.69) is 0 Å². The Morgan fingerprint density at radius 3 is 2.11 bits per heavy atom. The number of hydrogen-bond acceptors (Lipinski definition) is 4. The molecule has 0 fully saturated rings. The van der Waals surface area contributed by atoms with Crippen LogP contribution in [0.5, 0.6) is 0 Å². The van der Waals surface area contributed by atoms with Gasteiger partial charge in [0, 0.05) is 13.0 Å². The van der Waals surface area contributed by atoms with Crippen LogP contribution in [0.25, 0.3) is 0 Å². The Morgan fingerprint density at radius 1 is 1.11 bits per heavy atom. The highest BCUT2D eigenvalue weighted by Gasteiger charge is 2.34. The Morgan fingerprint density at radius 2 is 1.67 bits per heavy atom. The van der Waals surface area contributed by atoms with Gasteiger partial charge in [-0.05, 0) is 31.6 Å². The van der Waals surface area contributed by atoms with Gasteiger partial charge in [-0.15, -0.1) is 0 Å². The molecule has 0 radical (unpaired) electrons. The van der Waals surface area contributed by atoms with Crippen molar-refractivity contribution in [1.82, 2.24) is 0 Å². The van der Waals surface area contributed by atoms with E-state index in [0.717, 1.165) is 6.42 Å². The number of aliphatic hydroxyl groups is 4. The van der Waals surface area contributed by atoms with Crippen molar-refractivity contribution < 1.29 is 20.4 Å². The van der Waals surface area contributed by atoms with E-state index in [0.29, 0.717) is 12.8 Å². The van der Waals surface area contributed by atoms with E-state index in [4.69, 9.17) is 5.11 Å². The Hall–Kier alpha value is -0.160. The summed E-state index contributed by atoms with van der Waals surface area (Å²) >= 11 is 0. The minimum atomic E-state index is -1.22. The lowest BCUT2D eigenvalue weighted by atomic mass is 9.81. The summed E-state index contributed by atoms with van der Waals surface area (Å²) in [5.41, 5.74) is -1.22. The maximum atomic E-state index is 10.3. The summed E-state index contributed by atoms with van der Waals surface area (Å²) in [5.74, 6) is 0.201. The number of hydrogen-bond donors (Lipinski definition) is 4. The molecular formula is C14H30O4. The molecule has 4 nitrogen and oxygen atoms in total. The van der Waals surface area contributed by atoms with Crippen LogP contribution in [0.1, 0.15) is 53.4 Å². The minimum Gasteiger partial charge on any atom is -0.396 e. The van der Waals surface area contributed by atoms with E-state index in [9.17, 15) is 15.3 Å². The van der Waals surface area contributed by atoms with Crippen molar-refractivity contribution in [2.45, 2.75) is 71.2 Å². The van der Waals surface area contributed by atoms with Crippen LogP contribution < -0.4 is 0 Å². The zero-order valence-electron chi connectivity index (χ0n) is 12.1.